The van der Waals surface area contributed by atoms with Gasteiger partial charge < -0.3 is 5.73 Å². The molecule has 2 rings (SSSR count). The van der Waals surface area contributed by atoms with Gasteiger partial charge in [0.05, 0.1) is 4.34 Å². The molecule has 2 nitrogen and oxygen atoms in total. The van der Waals surface area contributed by atoms with Gasteiger partial charge in [0.1, 0.15) is 0 Å². The SMILES string of the molecule is NC(=O)[C@H]1C[C@@H]1c1ccc(Cl)s1. The Labute approximate surface area is 79.3 Å². The van der Waals surface area contributed by atoms with Gasteiger partial charge >= 0.3 is 0 Å². The zero-order chi connectivity index (χ0) is 8.72. The number of carbonyl (C=O) groups excluding carboxylic acids is 1. The van der Waals surface area contributed by atoms with Crippen LogP contribution in [0.5, 0.6) is 0 Å². The van der Waals surface area contributed by atoms with E-state index < -0.39 is 0 Å². The zero-order valence-corrected chi connectivity index (χ0v) is 7.86. The van der Waals surface area contributed by atoms with Crippen LogP contribution in [0.2, 0.25) is 4.34 Å². The van der Waals surface area contributed by atoms with E-state index in [0.29, 0.717) is 5.92 Å². The fraction of sp³-hybridized carbons (Fsp3) is 0.375. The molecule has 0 aromatic carbocycles. The van der Waals surface area contributed by atoms with Crippen molar-refractivity contribution in [3.05, 3.63) is 21.3 Å². The predicted octanol–water partition coefficient (Wildman–Crippen LogP) is 1.99. The largest absolute Gasteiger partial charge is 0.369 e. The van der Waals surface area contributed by atoms with Crippen LogP contribution in [0, 0.1) is 5.92 Å². The number of amides is 1. The molecule has 1 aromatic heterocycles. The van der Waals surface area contributed by atoms with Crippen LogP contribution in [0.4, 0.5) is 0 Å². The number of thiophene rings is 1. The van der Waals surface area contributed by atoms with E-state index in [0.717, 1.165) is 10.8 Å². The Morgan fingerprint density at radius 2 is 2.42 bits per heavy atom. The highest BCUT2D eigenvalue weighted by molar-refractivity contribution is 7.16. The molecule has 1 heterocycles. The summed E-state index contributed by atoms with van der Waals surface area (Å²) in [6, 6.07) is 3.83. The molecule has 1 aromatic rings. The third-order valence-electron chi connectivity index (χ3n) is 2.12. The van der Waals surface area contributed by atoms with Gasteiger partial charge in [-0.3, -0.25) is 4.79 Å². The van der Waals surface area contributed by atoms with Crippen molar-refractivity contribution in [2.45, 2.75) is 12.3 Å². The molecule has 12 heavy (non-hydrogen) atoms. The molecule has 1 amide bonds. The van der Waals surface area contributed by atoms with Gasteiger partial charge in [-0.25, -0.2) is 0 Å². The van der Waals surface area contributed by atoms with E-state index in [9.17, 15) is 4.79 Å². The lowest BCUT2D eigenvalue weighted by molar-refractivity contribution is -0.119. The second-order valence-electron chi connectivity index (χ2n) is 2.99. The third-order valence-corrected chi connectivity index (χ3v) is 3.48. The lowest BCUT2D eigenvalue weighted by Gasteiger charge is -1.90. The first-order valence-corrected chi connectivity index (χ1v) is 4.92. The van der Waals surface area contributed by atoms with Crippen molar-refractivity contribution < 1.29 is 4.79 Å². The van der Waals surface area contributed by atoms with Gasteiger partial charge in [0.15, 0.2) is 0 Å². The van der Waals surface area contributed by atoms with Gasteiger partial charge in [-0.1, -0.05) is 11.6 Å². The van der Waals surface area contributed by atoms with Crippen molar-refractivity contribution in [1.82, 2.24) is 0 Å². The summed E-state index contributed by atoms with van der Waals surface area (Å²) in [4.78, 5) is 11.9. The summed E-state index contributed by atoms with van der Waals surface area (Å²) in [5.74, 6) is 0.212. The summed E-state index contributed by atoms with van der Waals surface area (Å²) in [6.07, 6.45) is 0.895. The molecule has 0 unspecified atom stereocenters. The van der Waals surface area contributed by atoms with E-state index >= 15 is 0 Å². The third kappa shape index (κ3) is 1.34. The van der Waals surface area contributed by atoms with Crippen molar-refractivity contribution >= 4 is 28.8 Å². The normalized spacial score (nSPS) is 27.1. The Morgan fingerprint density at radius 1 is 1.67 bits per heavy atom. The van der Waals surface area contributed by atoms with Gasteiger partial charge in [-0.15, -0.1) is 11.3 Å². The zero-order valence-electron chi connectivity index (χ0n) is 6.29. The average molecular weight is 202 g/mol. The van der Waals surface area contributed by atoms with Crippen molar-refractivity contribution in [2.24, 2.45) is 11.7 Å². The van der Waals surface area contributed by atoms with Gasteiger partial charge in [0, 0.05) is 16.7 Å². The average Bonchev–Trinajstić information content (AvgIpc) is 2.70. The standard InChI is InChI=1S/C8H8ClNOS/c9-7-2-1-6(12-7)4-3-5(4)8(10)11/h1-2,4-5H,3H2,(H2,10,11)/t4-,5-/m0/s1. The minimum absolute atomic E-state index is 0.0553. The lowest BCUT2D eigenvalue weighted by atomic mass is 10.2. The van der Waals surface area contributed by atoms with Gasteiger partial charge in [-0.2, -0.15) is 0 Å². The number of primary amides is 1. The minimum Gasteiger partial charge on any atom is -0.369 e. The lowest BCUT2D eigenvalue weighted by Crippen LogP contribution is -2.13. The van der Waals surface area contributed by atoms with E-state index in [1.807, 2.05) is 12.1 Å². The molecule has 1 aliphatic carbocycles. The van der Waals surface area contributed by atoms with E-state index in [4.69, 9.17) is 17.3 Å². The maximum absolute atomic E-state index is 10.7. The molecule has 2 atom stereocenters. The van der Waals surface area contributed by atoms with Crippen molar-refractivity contribution in [2.75, 3.05) is 0 Å². The number of rotatable bonds is 2. The summed E-state index contributed by atoms with van der Waals surface area (Å²) in [5, 5.41) is 0. The number of carbonyl (C=O) groups is 1. The van der Waals surface area contributed by atoms with Crippen molar-refractivity contribution in [3.8, 4) is 0 Å². The fourth-order valence-corrected chi connectivity index (χ4v) is 2.59. The quantitative estimate of drug-likeness (QED) is 0.782. The maximum atomic E-state index is 10.7. The highest BCUT2D eigenvalue weighted by atomic mass is 35.5. The number of hydrogen-bond donors (Lipinski definition) is 1. The molecule has 1 saturated carbocycles. The van der Waals surface area contributed by atoms with E-state index in [1.54, 1.807) is 0 Å². The second-order valence-corrected chi connectivity index (χ2v) is 4.74. The number of nitrogens with two attached hydrogens (primary N) is 1. The Hall–Kier alpha value is -0.540. The number of hydrogen-bond acceptors (Lipinski definition) is 2. The second kappa shape index (κ2) is 2.75. The molecule has 0 saturated heterocycles. The van der Waals surface area contributed by atoms with Gasteiger partial charge in [0.2, 0.25) is 5.91 Å². The smallest absolute Gasteiger partial charge is 0.221 e. The van der Waals surface area contributed by atoms with Crippen LogP contribution in [0.1, 0.15) is 17.2 Å². The van der Waals surface area contributed by atoms with Crippen LogP contribution in [-0.2, 0) is 4.79 Å². The van der Waals surface area contributed by atoms with Crippen LogP contribution >= 0.6 is 22.9 Å². The Morgan fingerprint density at radius 3 is 2.83 bits per heavy atom. The summed E-state index contributed by atoms with van der Waals surface area (Å²) in [5.41, 5.74) is 5.16. The molecule has 0 radical (unpaired) electrons. The van der Waals surface area contributed by atoms with E-state index in [-0.39, 0.29) is 11.8 Å². The first-order chi connectivity index (χ1) is 5.68. The van der Waals surface area contributed by atoms with Crippen LogP contribution in [-0.4, -0.2) is 5.91 Å². The first kappa shape index (κ1) is 8.08. The van der Waals surface area contributed by atoms with Gasteiger partial charge in [-0.05, 0) is 18.6 Å². The molecule has 1 fully saturated rings. The van der Waals surface area contributed by atoms with Crippen LogP contribution in [0.3, 0.4) is 0 Å². The topological polar surface area (TPSA) is 43.1 Å². The minimum atomic E-state index is -0.190. The van der Waals surface area contributed by atoms with Crippen molar-refractivity contribution in [1.29, 1.82) is 0 Å². The summed E-state index contributed by atoms with van der Waals surface area (Å²) >= 11 is 7.30. The fourth-order valence-electron chi connectivity index (χ4n) is 1.35. The molecule has 2 N–H and O–H groups in total. The highest BCUT2D eigenvalue weighted by Crippen LogP contribution is 2.49. The first-order valence-electron chi connectivity index (χ1n) is 3.73. The van der Waals surface area contributed by atoms with E-state index in [1.165, 1.54) is 16.2 Å². The molecule has 64 valence electrons. The Balaban J connectivity index is 2.10. The van der Waals surface area contributed by atoms with Gasteiger partial charge in [0.25, 0.3) is 0 Å². The molecule has 4 heteroatoms. The monoisotopic (exact) mass is 201 g/mol. The Bertz CT molecular complexity index is 323. The van der Waals surface area contributed by atoms with E-state index in [2.05, 4.69) is 0 Å². The molecule has 0 aliphatic heterocycles. The summed E-state index contributed by atoms with van der Waals surface area (Å²) in [6.45, 7) is 0. The molecule has 1 aliphatic rings. The maximum Gasteiger partial charge on any atom is 0.221 e. The molecular formula is C8H8ClNOS. The van der Waals surface area contributed by atoms with Crippen molar-refractivity contribution in [3.63, 3.8) is 0 Å². The predicted molar refractivity (Wildman–Crippen MR) is 49.4 cm³/mol. The van der Waals surface area contributed by atoms with Crippen LogP contribution in [0.25, 0.3) is 0 Å². The molecular weight excluding hydrogens is 194 g/mol. The van der Waals surface area contributed by atoms with Crippen LogP contribution in [0.15, 0.2) is 12.1 Å². The molecule has 0 bridgehead atoms. The summed E-state index contributed by atoms with van der Waals surface area (Å²) in [7, 11) is 0. The number of halogens is 1. The highest BCUT2D eigenvalue weighted by Gasteiger charge is 2.43. The Kier molecular flexibility index (Phi) is 1.85. The molecule has 0 spiro atoms. The summed E-state index contributed by atoms with van der Waals surface area (Å²) < 4.78 is 0.778. The van der Waals surface area contributed by atoms with Crippen LogP contribution < -0.4 is 5.73 Å².